The predicted molar refractivity (Wildman–Crippen MR) is 71.6 cm³/mol. The van der Waals surface area contributed by atoms with E-state index < -0.39 is 5.91 Å². The number of thiophene rings is 1. The zero-order chi connectivity index (χ0) is 13.0. The van der Waals surface area contributed by atoms with Gasteiger partial charge in [-0.1, -0.05) is 19.3 Å². The molecule has 0 unspecified atom stereocenters. The summed E-state index contributed by atoms with van der Waals surface area (Å²) in [6.45, 7) is 0. The maximum atomic E-state index is 11.9. The summed E-state index contributed by atoms with van der Waals surface area (Å²) in [7, 11) is 0. The first kappa shape index (κ1) is 13.1. The molecule has 5 heteroatoms. The average Bonchev–Trinajstić information content (AvgIpc) is 2.78. The van der Waals surface area contributed by atoms with Gasteiger partial charge in [-0.25, -0.2) is 0 Å². The van der Waals surface area contributed by atoms with E-state index in [1.54, 1.807) is 11.4 Å². The number of nitrogens with one attached hydrogen (secondary N) is 1. The summed E-state index contributed by atoms with van der Waals surface area (Å²) in [5.74, 6) is -0.469. The van der Waals surface area contributed by atoms with Gasteiger partial charge in [-0.3, -0.25) is 9.59 Å². The van der Waals surface area contributed by atoms with Gasteiger partial charge in [-0.05, 0) is 24.3 Å². The molecule has 1 saturated carbocycles. The van der Waals surface area contributed by atoms with Gasteiger partial charge in [0.2, 0.25) is 11.8 Å². The Bertz CT molecular complexity index is 436. The van der Waals surface area contributed by atoms with Crippen LogP contribution in [0.15, 0.2) is 11.4 Å². The topological polar surface area (TPSA) is 72.2 Å². The SMILES string of the molecule is NC(=O)c1ccsc1CC(=O)NC1CCCCC1. The molecule has 1 aliphatic carbocycles. The highest BCUT2D eigenvalue weighted by molar-refractivity contribution is 7.10. The molecule has 1 aromatic rings. The fourth-order valence-electron chi connectivity index (χ4n) is 2.37. The molecular weight excluding hydrogens is 248 g/mol. The van der Waals surface area contributed by atoms with Gasteiger partial charge in [-0.15, -0.1) is 11.3 Å². The lowest BCUT2D eigenvalue weighted by atomic mass is 9.95. The predicted octanol–water partition coefficient (Wildman–Crippen LogP) is 1.84. The van der Waals surface area contributed by atoms with Crippen molar-refractivity contribution < 1.29 is 9.59 Å². The second-order valence-electron chi connectivity index (χ2n) is 4.70. The van der Waals surface area contributed by atoms with Crippen LogP contribution in [0.1, 0.15) is 47.3 Å². The molecule has 18 heavy (non-hydrogen) atoms. The minimum Gasteiger partial charge on any atom is -0.366 e. The molecule has 3 N–H and O–H groups in total. The fourth-order valence-corrected chi connectivity index (χ4v) is 3.25. The van der Waals surface area contributed by atoms with Gasteiger partial charge in [0.15, 0.2) is 0 Å². The number of hydrogen-bond acceptors (Lipinski definition) is 3. The molecule has 0 spiro atoms. The van der Waals surface area contributed by atoms with Crippen LogP contribution < -0.4 is 11.1 Å². The van der Waals surface area contributed by atoms with Crippen molar-refractivity contribution >= 4 is 23.2 Å². The van der Waals surface area contributed by atoms with E-state index in [0.29, 0.717) is 11.6 Å². The Balaban J connectivity index is 1.90. The highest BCUT2D eigenvalue weighted by Gasteiger charge is 2.18. The number of primary amides is 1. The minimum absolute atomic E-state index is 0.00755. The van der Waals surface area contributed by atoms with Crippen LogP contribution in [0.25, 0.3) is 0 Å². The van der Waals surface area contributed by atoms with Crippen molar-refractivity contribution in [3.8, 4) is 0 Å². The van der Waals surface area contributed by atoms with Crippen molar-refractivity contribution in [3.05, 3.63) is 21.9 Å². The Hall–Kier alpha value is -1.36. The maximum Gasteiger partial charge on any atom is 0.249 e. The lowest BCUT2D eigenvalue weighted by Crippen LogP contribution is -2.37. The monoisotopic (exact) mass is 266 g/mol. The zero-order valence-electron chi connectivity index (χ0n) is 10.3. The van der Waals surface area contributed by atoms with E-state index in [4.69, 9.17) is 5.73 Å². The quantitative estimate of drug-likeness (QED) is 0.872. The fraction of sp³-hybridized carbons (Fsp3) is 0.538. The van der Waals surface area contributed by atoms with Crippen molar-refractivity contribution in [3.63, 3.8) is 0 Å². The zero-order valence-corrected chi connectivity index (χ0v) is 11.1. The summed E-state index contributed by atoms with van der Waals surface area (Å²) in [5, 5.41) is 4.83. The number of nitrogens with two attached hydrogens (primary N) is 1. The third kappa shape index (κ3) is 3.32. The lowest BCUT2D eigenvalue weighted by molar-refractivity contribution is -0.121. The normalized spacial score (nSPS) is 16.4. The molecule has 0 radical (unpaired) electrons. The van der Waals surface area contributed by atoms with Crippen molar-refractivity contribution in [2.24, 2.45) is 5.73 Å². The maximum absolute atomic E-state index is 11.9. The van der Waals surface area contributed by atoms with Gasteiger partial charge in [-0.2, -0.15) is 0 Å². The lowest BCUT2D eigenvalue weighted by Gasteiger charge is -2.22. The summed E-state index contributed by atoms with van der Waals surface area (Å²) < 4.78 is 0. The third-order valence-corrected chi connectivity index (χ3v) is 4.22. The van der Waals surface area contributed by atoms with Gasteiger partial charge in [0, 0.05) is 10.9 Å². The Morgan fingerprint density at radius 2 is 2.06 bits per heavy atom. The van der Waals surface area contributed by atoms with Crippen LogP contribution >= 0.6 is 11.3 Å². The molecular formula is C13H18N2O2S. The van der Waals surface area contributed by atoms with E-state index >= 15 is 0 Å². The van der Waals surface area contributed by atoms with E-state index in [1.807, 2.05) is 0 Å². The molecule has 1 fully saturated rings. The Morgan fingerprint density at radius 1 is 1.33 bits per heavy atom. The number of amides is 2. The molecule has 0 aliphatic heterocycles. The standard InChI is InChI=1S/C13H18N2O2S/c14-13(17)10-6-7-18-11(10)8-12(16)15-9-4-2-1-3-5-9/h6-7,9H,1-5,8H2,(H2,14,17)(H,15,16). The molecule has 0 saturated heterocycles. The van der Waals surface area contributed by atoms with E-state index in [1.165, 1.54) is 30.6 Å². The summed E-state index contributed by atoms with van der Waals surface area (Å²) >= 11 is 1.41. The largest absolute Gasteiger partial charge is 0.366 e. The average molecular weight is 266 g/mol. The van der Waals surface area contributed by atoms with E-state index in [0.717, 1.165) is 17.7 Å². The van der Waals surface area contributed by atoms with Crippen molar-refractivity contribution in [2.45, 2.75) is 44.6 Å². The highest BCUT2D eigenvalue weighted by atomic mass is 32.1. The summed E-state index contributed by atoms with van der Waals surface area (Å²) in [5.41, 5.74) is 5.73. The van der Waals surface area contributed by atoms with E-state index in [9.17, 15) is 9.59 Å². The van der Waals surface area contributed by atoms with Crippen molar-refractivity contribution in [1.82, 2.24) is 5.32 Å². The highest BCUT2D eigenvalue weighted by Crippen LogP contribution is 2.19. The first-order valence-corrected chi connectivity index (χ1v) is 7.20. The summed E-state index contributed by atoms with van der Waals surface area (Å²) in [6, 6.07) is 1.99. The first-order chi connectivity index (χ1) is 8.66. The van der Waals surface area contributed by atoms with Gasteiger partial charge in [0.1, 0.15) is 0 Å². The van der Waals surface area contributed by atoms with Crippen molar-refractivity contribution in [1.29, 1.82) is 0 Å². The smallest absolute Gasteiger partial charge is 0.249 e. The number of rotatable bonds is 4. The minimum atomic E-state index is -0.461. The Labute approximate surface area is 111 Å². The van der Waals surface area contributed by atoms with Crippen LogP contribution in [0, 0.1) is 0 Å². The molecule has 0 bridgehead atoms. The van der Waals surface area contributed by atoms with E-state index in [2.05, 4.69) is 5.32 Å². The number of carbonyl (C=O) groups excluding carboxylic acids is 2. The molecule has 98 valence electrons. The van der Waals surface area contributed by atoms with Crippen LogP contribution in [-0.4, -0.2) is 17.9 Å². The van der Waals surface area contributed by atoms with Gasteiger partial charge < -0.3 is 11.1 Å². The molecule has 0 aromatic carbocycles. The van der Waals surface area contributed by atoms with Crippen LogP contribution in [0.2, 0.25) is 0 Å². The first-order valence-electron chi connectivity index (χ1n) is 6.32. The van der Waals surface area contributed by atoms with Gasteiger partial charge in [0.25, 0.3) is 0 Å². The Morgan fingerprint density at radius 3 is 2.72 bits per heavy atom. The summed E-state index contributed by atoms with van der Waals surface area (Å²) in [6.07, 6.45) is 6.04. The van der Waals surface area contributed by atoms with Crippen LogP contribution in [0.5, 0.6) is 0 Å². The van der Waals surface area contributed by atoms with Crippen LogP contribution in [0.3, 0.4) is 0 Å². The van der Waals surface area contributed by atoms with Crippen molar-refractivity contribution in [2.75, 3.05) is 0 Å². The number of hydrogen-bond donors (Lipinski definition) is 2. The summed E-state index contributed by atoms with van der Waals surface area (Å²) in [4.78, 5) is 23.8. The Kier molecular flexibility index (Phi) is 4.36. The molecule has 0 atom stereocenters. The van der Waals surface area contributed by atoms with Crippen LogP contribution in [-0.2, 0) is 11.2 Å². The van der Waals surface area contributed by atoms with Crippen LogP contribution in [0.4, 0.5) is 0 Å². The van der Waals surface area contributed by atoms with Gasteiger partial charge >= 0.3 is 0 Å². The molecule has 1 aliphatic rings. The third-order valence-electron chi connectivity index (χ3n) is 3.30. The second kappa shape index (κ2) is 6.00. The van der Waals surface area contributed by atoms with E-state index in [-0.39, 0.29) is 12.3 Å². The molecule has 2 amide bonds. The molecule has 4 nitrogen and oxygen atoms in total. The molecule has 1 heterocycles. The molecule has 1 aromatic heterocycles. The molecule has 2 rings (SSSR count). The van der Waals surface area contributed by atoms with Gasteiger partial charge in [0.05, 0.1) is 12.0 Å². The number of carbonyl (C=O) groups is 2. The second-order valence-corrected chi connectivity index (χ2v) is 5.70.